The van der Waals surface area contributed by atoms with Gasteiger partial charge in [0.05, 0.1) is 5.56 Å². The summed E-state index contributed by atoms with van der Waals surface area (Å²) in [7, 11) is 1.78. The third kappa shape index (κ3) is 2.71. The summed E-state index contributed by atoms with van der Waals surface area (Å²) in [4.78, 5) is 26.3. The Bertz CT molecular complexity index is 1230. The molecule has 3 heterocycles. The first-order valence-corrected chi connectivity index (χ1v) is 9.87. The predicted molar refractivity (Wildman–Crippen MR) is 113 cm³/mol. The molecule has 1 amide bonds. The van der Waals surface area contributed by atoms with Crippen molar-refractivity contribution in [2.24, 2.45) is 0 Å². The van der Waals surface area contributed by atoms with Gasteiger partial charge in [-0.05, 0) is 65.1 Å². The lowest BCUT2D eigenvalue weighted by atomic mass is 9.99. The number of amides is 1. The summed E-state index contributed by atoms with van der Waals surface area (Å²) in [5.74, 6) is -0.437. The van der Waals surface area contributed by atoms with Crippen LogP contribution in [0.1, 0.15) is 20.8 Å². The van der Waals surface area contributed by atoms with Crippen LogP contribution in [0.25, 0.3) is 27.3 Å². The number of rotatable bonds is 2. The molecule has 0 saturated carbocycles. The summed E-state index contributed by atoms with van der Waals surface area (Å²) in [5, 5.41) is 4.16. The van der Waals surface area contributed by atoms with E-state index in [4.69, 9.17) is 17.0 Å². The lowest BCUT2D eigenvalue weighted by Crippen LogP contribution is -2.23. The van der Waals surface area contributed by atoms with Gasteiger partial charge in [-0.15, -0.1) is 11.3 Å². The summed E-state index contributed by atoms with van der Waals surface area (Å²) >= 11 is 6.74. The van der Waals surface area contributed by atoms with E-state index in [2.05, 4.69) is 29.6 Å². The third-order valence-electron chi connectivity index (χ3n) is 4.95. The second-order valence-electron chi connectivity index (χ2n) is 6.70. The Balaban J connectivity index is 1.52. The van der Waals surface area contributed by atoms with Crippen LogP contribution in [0.2, 0.25) is 0 Å². The van der Waals surface area contributed by atoms with E-state index >= 15 is 0 Å². The van der Waals surface area contributed by atoms with E-state index in [0.717, 1.165) is 31.7 Å². The van der Waals surface area contributed by atoms with Gasteiger partial charge in [-0.2, -0.15) is 0 Å². The molecule has 2 aliphatic rings. The van der Waals surface area contributed by atoms with Gasteiger partial charge in [-0.1, -0.05) is 12.1 Å². The van der Waals surface area contributed by atoms with Gasteiger partial charge in [0.15, 0.2) is 5.11 Å². The van der Waals surface area contributed by atoms with Crippen molar-refractivity contribution in [3.8, 4) is 11.1 Å². The van der Waals surface area contributed by atoms with Crippen LogP contribution in [0.4, 0.5) is 0 Å². The number of nitrogens with one attached hydrogen (secondary N) is 1. The Hall–Kier alpha value is -3.03. The van der Waals surface area contributed by atoms with Crippen molar-refractivity contribution in [2.45, 2.75) is 6.61 Å². The molecule has 0 atom stereocenters. The van der Waals surface area contributed by atoms with Crippen molar-refractivity contribution in [3.05, 3.63) is 64.2 Å². The summed E-state index contributed by atoms with van der Waals surface area (Å²) in [5.41, 5.74) is 4.23. The Labute approximate surface area is 170 Å². The number of fused-ring (bicyclic) bond motifs is 2. The number of hydrogen-bond acceptors (Lipinski definition) is 5. The van der Waals surface area contributed by atoms with Crippen LogP contribution in [0.15, 0.2) is 48.2 Å². The maximum Gasteiger partial charge on any atom is 0.338 e. The molecule has 7 heteroatoms. The summed E-state index contributed by atoms with van der Waals surface area (Å²) in [6, 6.07) is 14.1. The molecule has 3 aromatic rings. The highest BCUT2D eigenvalue weighted by molar-refractivity contribution is 7.80. The highest BCUT2D eigenvalue weighted by Crippen LogP contribution is 2.33. The predicted octanol–water partition coefficient (Wildman–Crippen LogP) is 3.93. The number of ether oxygens (including phenoxy) is 1. The number of benzene rings is 2. The summed E-state index contributed by atoms with van der Waals surface area (Å²) in [6.07, 6.45) is 1.86. The van der Waals surface area contributed by atoms with E-state index in [0.29, 0.717) is 23.0 Å². The molecule has 0 bridgehead atoms. The van der Waals surface area contributed by atoms with Crippen LogP contribution in [-0.4, -0.2) is 28.9 Å². The van der Waals surface area contributed by atoms with Crippen LogP contribution in [0.5, 0.6) is 0 Å². The fraction of sp³-hybridized carbons (Fsp3) is 0.0952. The number of carbonyl (C=O) groups excluding carboxylic acids is 2. The standard InChI is InChI=1S/C21H14N2O3S2/c1-23-17(19(24)22-21(23)27)9-15-8-13-6-12(3-5-18(13)28-15)11-2-4-16-14(7-11)10-26-20(16)25/h2-9H,10H2,1H3,(H,22,24,27)/b17-9+. The zero-order valence-corrected chi connectivity index (χ0v) is 16.4. The molecule has 0 unspecified atom stereocenters. The molecule has 0 radical (unpaired) electrons. The smallest absolute Gasteiger partial charge is 0.338 e. The number of thiocarbonyl (C=S) groups is 1. The number of cyclic esters (lactones) is 1. The van der Waals surface area contributed by atoms with Crippen molar-refractivity contribution in [2.75, 3.05) is 7.05 Å². The molecule has 0 aliphatic carbocycles. The zero-order valence-electron chi connectivity index (χ0n) is 14.8. The van der Waals surface area contributed by atoms with Crippen molar-refractivity contribution >= 4 is 56.7 Å². The highest BCUT2D eigenvalue weighted by Gasteiger charge is 2.27. The van der Waals surface area contributed by atoms with Gasteiger partial charge in [0.2, 0.25) is 0 Å². The van der Waals surface area contributed by atoms with Gasteiger partial charge < -0.3 is 9.64 Å². The molecule has 1 N–H and O–H groups in total. The summed E-state index contributed by atoms with van der Waals surface area (Å²) < 4.78 is 6.22. The molecule has 5 rings (SSSR count). The quantitative estimate of drug-likeness (QED) is 0.397. The first-order chi connectivity index (χ1) is 13.5. The topological polar surface area (TPSA) is 58.6 Å². The number of thiophene rings is 1. The second kappa shape index (κ2) is 6.25. The minimum absolute atomic E-state index is 0.180. The molecule has 28 heavy (non-hydrogen) atoms. The summed E-state index contributed by atoms with van der Waals surface area (Å²) in [6.45, 7) is 0.331. The average molecular weight is 406 g/mol. The van der Waals surface area contributed by atoms with Gasteiger partial charge in [0, 0.05) is 22.2 Å². The van der Waals surface area contributed by atoms with Crippen LogP contribution in [0.3, 0.4) is 0 Å². The van der Waals surface area contributed by atoms with Gasteiger partial charge in [0.25, 0.3) is 5.91 Å². The second-order valence-corrected chi connectivity index (χ2v) is 8.20. The molecule has 2 aliphatic heterocycles. The van der Waals surface area contributed by atoms with E-state index < -0.39 is 0 Å². The molecule has 138 valence electrons. The molecule has 1 saturated heterocycles. The van der Waals surface area contributed by atoms with Crippen molar-refractivity contribution < 1.29 is 14.3 Å². The lowest BCUT2D eigenvalue weighted by Gasteiger charge is -2.08. The molecule has 5 nitrogen and oxygen atoms in total. The largest absolute Gasteiger partial charge is 0.457 e. The number of hydrogen-bond donors (Lipinski definition) is 1. The molecular formula is C21H14N2O3S2. The number of esters is 1. The normalized spacial score (nSPS) is 17.4. The van der Waals surface area contributed by atoms with Crippen molar-refractivity contribution in [1.82, 2.24) is 10.2 Å². The third-order valence-corrected chi connectivity index (χ3v) is 6.39. The monoisotopic (exact) mass is 406 g/mol. The fourth-order valence-electron chi connectivity index (χ4n) is 3.43. The first-order valence-electron chi connectivity index (χ1n) is 8.64. The maximum atomic E-state index is 12.0. The van der Waals surface area contributed by atoms with Gasteiger partial charge >= 0.3 is 5.97 Å². The van der Waals surface area contributed by atoms with Crippen molar-refractivity contribution in [1.29, 1.82) is 0 Å². The fourth-order valence-corrected chi connectivity index (χ4v) is 4.60. The Morgan fingerprint density at radius 2 is 1.93 bits per heavy atom. The first kappa shape index (κ1) is 17.1. The van der Waals surface area contributed by atoms with E-state index in [-0.39, 0.29) is 11.9 Å². The molecule has 2 aromatic carbocycles. The lowest BCUT2D eigenvalue weighted by molar-refractivity contribution is -0.115. The Kier molecular flexibility index (Phi) is 3.82. The van der Waals surface area contributed by atoms with E-state index in [1.807, 2.05) is 24.3 Å². The van der Waals surface area contributed by atoms with Crippen LogP contribution < -0.4 is 5.32 Å². The van der Waals surface area contributed by atoms with Crippen molar-refractivity contribution in [3.63, 3.8) is 0 Å². The number of carbonyl (C=O) groups is 2. The maximum absolute atomic E-state index is 12.0. The van der Waals surface area contributed by atoms with E-state index in [1.165, 1.54) is 0 Å². The van der Waals surface area contributed by atoms with Gasteiger partial charge in [0.1, 0.15) is 12.3 Å². The molecular weight excluding hydrogens is 392 g/mol. The van der Waals surface area contributed by atoms with Crippen LogP contribution in [0, 0.1) is 0 Å². The zero-order chi connectivity index (χ0) is 19.4. The molecule has 1 aromatic heterocycles. The van der Waals surface area contributed by atoms with E-state index in [1.54, 1.807) is 23.3 Å². The molecule has 0 spiro atoms. The number of likely N-dealkylation sites (N-methyl/N-ethyl adjacent to an activating group) is 1. The molecule has 1 fully saturated rings. The van der Waals surface area contributed by atoms with Gasteiger partial charge in [-0.3, -0.25) is 10.1 Å². The minimum atomic E-state index is -0.257. The van der Waals surface area contributed by atoms with Gasteiger partial charge in [-0.25, -0.2) is 4.79 Å². The van der Waals surface area contributed by atoms with Crippen LogP contribution in [-0.2, 0) is 16.1 Å². The Morgan fingerprint density at radius 1 is 1.14 bits per heavy atom. The Morgan fingerprint density at radius 3 is 2.71 bits per heavy atom. The number of nitrogens with zero attached hydrogens (tertiary/aromatic N) is 1. The van der Waals surface area contributed by atoms with Crippen LogP contribution >= 0.6 is 23.6 Å². The SMILES string of the molecule is CN1C(=S)NC(=O)/C1=C\c1cc2cc(-c3ccc4c(c3)COC4=O)ccc2s1. The van der Waals surface area contributed by atoms with E-state index in [9.17, 15) is 9.59 Å². The highest BCUT2D eigenvalue weighted by atomic mass is 32.1. The average Bonchev–Trinajstić information content (AvgIpc) is 3.33. The minimum Gasteiger partial charge on any atom is -0.457 e.